The van der Waals surface area contributed by atoms with Crippen LogP contribution in [-0.4, -0.2) is 62.1 Å². The molecule has 3 unspecified atom stereocenters. The third-order valence-corrected chi connectivity index (χ3v) is 8.39. The molecule has 1 aliphatic heterocycles. The van der Waals surface area contributed by atoms with Crippen molar-refractivity contribution in [2.24, 2.45) is 11.8 Å². The maximum Gasteiger partial charge on any atom is 0.345 e. The van der Waals surface area contributed by atoms with Crippen LogP contribution in [0.3, 0.4) is 0 Å². The molecule has 1 heterocycles. The first-order chi connectivity index (χ1) is 17.8. The lowest BCUT2D eigenvalue weighted by Gasteiger charge is -2.57. The molecular formula is C27H32O11. The first-order valence-corrected chi connectivity index (χ1v) is 12.6. The number of rotatable bonds is 8. The number of aliphatic hydroxyl groups is 1. The molecule has 3 aliphatic rings. The number of carboxylic acids is 2. The van der Waals surface area contributed by atoms with Crippen LogP contribution in [0.1, 0.15) is 63.5 Å². The van der Waals surface area contributed by atoms with Crippen LogP contribution in [0.2, 0.25) is 0 Å². The van der Waals surface area contributed by atoms with Crippen LogP contribution in [0.25, 0.3) is 0 Å². The highest BCUT2D eigenvalue weighted by molar-refractivity contribution is 5.84. The van der Waals surface area contributed by atoms with E-state index in [1.807, 2.05) is 13.8 Å². The van der Waals surface area contributed by atoms with E-state index < -0.39 is 66.4 Å². The van der Waals surface area contributed by atoms with Gasteiger partial charge in [-0.2, -0.15) is 0 Å². The SMILES string of the molecule is Cc1ccc(O)c2c1C13CCC(C)[C@H](C)[C@]1(O)CC=C(OC(=O)CCC(=O)O[C@@H](CC(=O)O)C(=O)O)C3O2. The van der Waals surface area contributed by atoms with Crippen LogP contribution >= 0.6 is 0 Å². The van der Waals surface area contributed by atoms with Gasteiger partial charge in [0.15, 0.2) is 17.6 Å². The summed E-state index contributed by atoms with van der Waals surface area (Å²) in [7, 11) is 0. The molecule has 6 atom stereocenters. The van der Waals surface area contributed by atoms with E-state index in [0.717, 1.165) is 12.0 Å². The maximum absolute atomic E-state index is 12.7. The van der Waals surface area contributed by atoms with Gasteiger partial charge in [-0.3, -0.25) is 14.4 Å². The second-order valence-corrected chi connectivity index (χ2v) is 10.5. The molecule has 38 heavy (non-hydrogen) atoms. The van der Waals surface area contributed by atoms with E-state index >= 15 is 0 Å². The first kappa shape index (κ1) is 27.4. The van der Waals surface area contributed by atoms with Crippen molar-refractivity contribution in [1.29, 1.82) is 0 Å². The molecule has 2 aliphatic carbocycles. The Morgan fingerprint density at radius 2 is 1.82 bits per heavy atom. The minimum absolute atomic E-state index is 0.0780. The number of carbonyl (C=O) groups is 4. The van der Waals surface area contributed by atoms with Crippen molar-refractivity contribution < 1.29 is 53.8 Å². The largest absolute Gasteiger partial charge is 0.504 e. The summed E-state index contributed by atoms with van der Waals surface area (Å²) >= 11 is 0. The lowest BCUT2D eigenvalue weighted by Crippen LogP contribution is -2.66. The van der Waals surface area contributed by atoms with Gasteiger partial charge in [0.25, 0.3) is 0 Å². The van der Waals surface area contributed by atoms with Gasteiger partial charge in [-0.15, -0.1) is 0 Å². The second-order valence-electron chi connectivity index (χ2n) is 10.5. The van der Waals surface area contributed by atoms with E-state index in [2.05, 4.69) is 11.7 Å². The van der Waals surface area contributed by atoms with Gasteiger partial charge >= 0.3 is 23.9 Å². The molecule has 1 spiro atoms. The quantitative estimate of drug-likeness (QED) is 0.362. The smallest absolute Gasteiger partial charge is 0.345 e. The van der Waals surface area contributed by atoms with Gasteiger partial charge in [0.2, 0.25) is 6.10 Å². The zero-order chi connectivity index (χ0) is 28.0. The Kier molecular flexibility index (Phi) is 7.17. The van der Waals surface area contributed by atoms with E-state index in [9.17, 15) is 29.4 Å². The second kappa shape index (κ2) is 9.94. The number of fused-ring (bicyclic) bond motifs is 1. The average Bonchev–Trinajstić information content (AvgIpc) is 3.22. The summed E-state index contributed by atoms with van der Waals surface area (Å²) in [6, 6.07) is 3.29. The standard InChI is InChI=1S/C27H32O11/c1-13-8-10-26-22-14(2)4-5-16(28)23(22)38-24(26)17(9-11-27(26,35)15(13)3)36-20(31)6-7-21(32)37-18(25(33)34)12-19(29)30/h4-5,9,13,15,18,24,28,35H,6-8,10-12H2,1-3H3,(H,29,30)(H,33,34)/t13?,15-,18-,24?,26?,27+/m0/s1. The number of aliphatic carboxylic acids is 2. The molecule has 4 N–H and O–H groups in total. The highest BCUT2D eigenvalue weighted by atomic mass is 16.6. The molecular weight excluding hydrogens is 500 g/mol. The van der Waals surface area contributed by atoms with Gasteiger partial charge in [0.1, 0.15) is 5.76 Å². The lowest BCUT2D eigenvalue weighted by molar-refractivity contribution is -0.168. The molecule has 0 saturated heterocycles. The van der Waals surface area contributed by atoms with Crippen molar-refractivity contribution in [3.63, 3.8) is 0 Å². The number of ether oxygens (including phenoxy) is 3. The van der Waals surface area contributed by atoms with E-state index in [0.29, 0.717) is 12.0 Å². The van der Waals surface area contributed by atoms with Crippen LogP contribution in [-0.2, 0) is 34.1 Å². The highest BCUT2D eigenvalue weighted by Crippen LogP contribution is 2.65. The molecule has 0 aromatic heterocycles. The van der Waals surface area contributed by atoms with Crippen LogP contribution in [0.5, 0.6) is 11.5 Å². The summed E-state index contributed by atoms with van der Waals surface area (Å²) in [6.45, 7) is 5.95. The van der Waals surface area contributed by atoms with Gasteiger partial charge in [0, 0.05) is 5.56 Å². The van der Waals surface area contributed by atoms with Crippen LogP contribution < -0.4 is 4.74 Å². The molecule has 4 rings (SSSR count). The number of aryl methyl sites for hydroxylation is 1. The number of carboxylic acid groups (broad SMARTS) is 2. The normalized spacial score (nSPS) is 30.0. The maximum atomic E-state index is 12.7. The van der Waals surface area contributed by atoms with Gasteiger partial charge in [0.05, 0.1) is 30.3 Å². The average molecular weight is 533 g/mol. The van der Waals surface area contributed by atoms with Gasteiger partial charge in [-0.05, 0) is 55.7 Å². The predicted molar refractivity (Wildman–Crippen MR) is 129 cm³/mol. The van der Waals surface area contributed by atoms with E-state index in [4.69, 9.17) is 19.7 Å². The molecule has 206 valence electrons. The summed E-state index contributed by atoms with van der Waals surface area (Å²) in [5, 5.41) is 40.6. The fraction of sp³-hybridized carbons (Fsp3) is 0.556. The van der Waals surface area contributed by atoms with Gasteiger partial charge in [-0.1, -0.05) is 19.9 Å². The Hall–Kier alpha value is -3.60. The number of benzene rings is 1. The molecule has 11 heteroatoms. The zero-order valence-electron chi connectivity index (χ0n) is 21.4. The molecule has 11 nitrogen and oxygen atoms in total. The van der Waals surface area contributed by atoms with Crippen molar-refractivity contribution in [2.75, 3.05) is 0 Å². The van der Waals surface area contributed by atoms with E-state index in [1.54, 1.807) is 12.1 Å². The topological polar surface area (TPSA) is 177 Å². The van der Waals surface area contributed by atoms with Crippen LogP contribution in [0.4, 0.5) is 0 Å². The highest BCUT2D eigenvalue weighted by Gasteiger charge is 2.69. The Morgan fingerprint density at radius 3 is 2.47 bits per heavy atom. The van der Waals surface area contributed by atoms with Crippen molar-refractivity contribution in [3.8, 4) is 11.5 Å². The van der Waals surface area contributed by atoms with E-state index in [-0.39, 0.29) is 35.5 Å². The third kappa shape index (κ3) is 4.38. The number of carbonyl (C=O) groups excluding carboxylic acids is 2. The third-order valence-electron chi connectivity index (χ3n) is 8.39. The summed E-state index contributed by atoms with van der Waals surface area (Å²) in [4.78, 5) is 46.7. The van der Waals surface area contributed by atoms with Crippen LogP contribution in [0, 0.1) is 18.8 Å². The van der Waals surface area contributed by atoms with E-state index in [1.165, 1.54) is 6.07 Å². The zero-order valence-corrected chi connectivity index (χ0v) is 21.4. The van der Waals surface area contributed by atoms with Gasteiger partial charge in [-0.25, -0.2) is 4.79 Å². The minimum Gasteiger partial charge on any atom is -0.504 e. The number of aromatic hydroxyl groups is 1. The molecule has 1 saturated carbocycles. The lowest BCUT2D eigenvalue weighted by atomic mass is 9.49. The van der Waals surface area contributed by atoms with Crippen molar-refractivity contribution in [3.05, 3.63) is 35.1 Å². The van der Waals surface area contributed by atoms with Crippen LogP contribution in [0.15, 0.2) is 24.0 Å². The first-order valence-electron chi connectivity index (χ1n) is 12.6. The molecule has 1 aromatic rings. The summed E-state index contributed by atoms with van der Waals surface area (Å²) in [5.74, 6) is -4.48. The molecule has 0 radical (unpaired) electrons. The number of hydrogen-bond donors (Lipinski definition) is 4. The number of phenolic OH excluding ortho intramolecular Hbond substituents is 1. The number of hydrogen-bond acceptors (Lipinski definition) is 9. The Morgan fingerprint density at radius 1 is 1.13 bits per heavy atom. The number of esters is 2. The Bertz CT molecular complexity index is 1200. The predicted octanol–water partition coefficient (Wildman–Crippen LogP) is 2.58. The van der Waals surface area contributed by atoms with Crippen molar-refractivity contribution in [1.82, 2.24) is 0 Å². The summed E-state index contributed by atoms with van der Waals surface area (Å²) in [6.07, 6.45) is -1.52. The molecule has 0 amide bonds. The number of phenols is 1. The molecule has 1 aromatic carbocycles. The van der Waals surface area contributed by atoms with Gasteiger partial charge < -0.3 is 34.6 Å². The van der Waals surface area contributed by atoms with Crippen molar-refractivity contribution in [2.45, 2.75) is 82.5 Å². The minimum atomic E-state index is -1.87. The Labute approximate surface area is 219 Å². The van der Waals surface area contributed by atoms with Crippen molar-refractivity contribution >= 4 is 23.9 Å². The Balaban J connectivity index is 1.55. The molecule has 1 fully saturated rings. The fourth-order valence-electron chi connectivity index (χ4n) is 6.26. The monoisotopic (exact) mass is 532 g/mol. The molecule has 0 bridgehead atoms. The summed E-state index contributed by atoms with van der Waals surface area (Å²) in [5.41, 5.74) is -0.655. The fourth-order valence-corrected chi connectivity index (χ4v) is 6.26. The summed E-state index contributed by atoms with van der Waals surface area (Å²) < 4.78 is 16.5.